The molecule has 1 aliphatic rings. The maximum atomic E-state index is 4.87. The molecule has 41 heavy (non-hydrogen) atoms. The average Bonchev–Trinajstić information content (AvgIpc) is 3.57. The Balaban J connectivity index is 0.00000337. The molecule has 0 radical (unpaired) electrons. The zero-order valence-corrected chi connectivity index (χ0v) is 26.1. The maximum absolute atomic E-state index is 4.87. The summed E-state index contributed by atoms with van der Waals surface area (Å²) in [7, 11) is 1.97. The van der Waals surface area contributed by atoms with Crippen molar-refractivity contribution < 1.29 is 21.1 Å². The van der Waals surface area contributed by atoms with Crippen molar-refractivity contribution in [3.8, 4) is 16.8 Å². The van der Waals surface area contributed by atoms with Gasteiger partial charge in [-0.05, 0) is 46.0 Å². The number of benzene rings is 4. The SMILES string of the molecule is Cc1cc(C)c(B(c2[c-]c(N3[CH-]N(C)C=N3)ccc2)c2[c-]c(-n3cc(-c4ccccc4)c(C)n3)ccc2)c(C)c1.[Pt]. The summed E-state index contributed by atoms with van der Waals surface area (Å²) in [4.78, 5) is 1.93. The van der Waals surface area contributed by atoms with Crippen LogP contribution in [0.4, 0.5) is 5.69 Å². The Hall–Kier alpha value is -3.89. The van der Waals surface area contributed by atoms with E-state index < -0.39 is 0 Å². The second kappa shape index (κ2) is 11.9. The van der Waals surface area contributed by atoms with Crippen LogP contribution < -0.4 is 21.4 Å². The van der Waals surface area contributed by atoms with Gasteiger partial charge in [-0.1, -0.05) is 70.3 Å². The number of hydrogen-bond donors (Lipinski definition) is 0. The second-order valence-corrected chi connectivity index (χ2v) is 10.5. The Bertz CT molecular complexity index is 1690. The quantitative estimate of drug-likeness (QED) is 0.189. The number of hydrogen-bond acceptors (Lipinski definition) is 4. The van der Waals surface area contributed by atoms with Crippen molar-refractivity contribution in [1.82, 2.24) is 14.7 Å². The Morgan fingerprint density at radius 1 is 0.780 bits per heavy atom. The van der Waals surface area contributed by atoms with Crippen molar-refractivity contribution in [3.63, 3.8) is 0 Å². The number of aromatic nitrogens is 2. The molecule has 2 heterocycles. The molecule has 0 unspecified atom stereocenters. The van der Waals surface area contributed by atoms with Gasteiger partial charge in [0.2, 0.25) is 0 Å². The summed E-state index contributed by atoms with van der Waals surface area (Å²) in [6.45, 7) is 10.5. The first-order chi connectivity index (χ1) is 19.4. The van der Waals surface area contributed by atoms with Crippen LogP contribution in [0.25, 0.3) is 16.8 Å². The minimum absolute atomic E-state index is 0. The van der Waals surface area contributed by atoms with Gasteiger partial charge in [0, 0.05) is 32.8 Å². The topological polar surface area (TPSA) is 36.7 Å². The van der Waals surface area contributed by atoms with Crippen LogP contribution in [0.15, 0.2) is 90.2 Å². The molecule has 0 N–H and O–H groups in total. The van der Waals surface area contributed by atoms with E-state index >= 15 is 0 Å². The van der Waals surface area contributed by atoms with E-state index in [1.807, 2.05) is 40.4 Å². The fourth-order valence-corrected chi connectivity index (χ4v) is 5.66. The zero-order valence-electron chi connectivity index (χ0n) is 23.9. The third-order valence-corrected chi connectivity index (χ3v) is 7.38. The Morgan fingerprint density at radius 2 is 1.41 bits per heavy atom. The van der Waals surface area contributed by atoms with Crippen molar-refractivity contribution in [1.29, 1.82) is 0 Å². The molecule has 0 amide bonds. The maximum Gasteiger partial charge on any atom is 0.192 e. The van der Waals surface area contributed by atoms with Crippen LogP contribution in [0.1, 0.15) is 22.4 Å². The third kappa shape index (κ3) is 5.80. The van der Waals surface area contributed by atoms with Gasteiger partial charge in [0.1, 0.15) is 0 Å². The molecule has 5 aromatic rings. The largest absolute Gasteiger partial charge is 0.493 e. The summed E-state index contributed by atoms with van der Waals surface area (Å²) in [5.41, 5.74) is 12.3. The van der Waals surface area contributed by atoms with Crippen LogP contribution in [0.3, 0.4) is 0 Å². The first-order valence-corrected chi connectivity index (χ1v) is 13.5. The standard InChI is InChI=1S/C34H31BN5.Pt/c1-24-17-25(2)34(26(3)18-24)35(30-14-10-16-32(20-30)40-23-38(5)22-36-40)29-13-9-15-31(19-29)39-21-33(27(4)37-39)28-11-7-6-8-12-28;/h6-18,21-23H,1-5H3;/q-3;. The molecule has 0 aliphatic carbocycles. The number of anilines is 1. The van der Waals surface area contributed by atoms with Crippen molar-refractivity contribution in [2.24, 2.45) is 5.10 Å². The number of aryl methyl sites for hydroxylation is 4. The van der Waals surface area contributed by atoms with Crippen LogP contribution in [-0.2, 0) is 21.1 Å². The monoisotopic (exact) mass is 715 g/mol. The minimum Gasteiger partial charge on any atom is -0.493 e. The summed E-state index contributed by atoms with van der Waals surface area (Å²) in [5, 5.41) is 11.2. The average molecular weight is 716 g/mol. The van der Waals surface area contributed by atoms with Crippen LogP contribution >= 0.6 is 0 Å². The van der Waals surface area contributed by atoms with E-state index in [1.54, 1.807) is 6.34 Å². The molecule has 0 atom stereocenters. The van der Waals surface area contributed by atoms with Gasteiger partial charge in [-0.3, -0.25) is 4.68 Å². The predicted octanol–water partition coefficient (Wildman–Crippen LogP) is 4.70. The van der Waals surface area contributed by atoms with Gasteiger partial charge in [0.15, 0.2) is 6.71 Å². The van der Waals surface area contributed by atoms with Gasteiger partial charge in [-0.25, -0.2) is 0 Å². The molecule has 0 saturated carbocycles. The molecule has 0 fully saturated rings. The van der Waals surface area contributed by atoms with Gasteiger partial charge >= 0.3 is 0 Å². The van der Waals surface area contributed by atoms with E-state index in [1.165, 1.54) is 22.2 Å². The van der Waals surface area contributed by atoms with Crippen molar-refractivity contribution in [3.05, 3.63) is 126 Å². The van der Waals surface area contributed by atoms with E-state index in [4.69, 9.17) is 5.10 Å². The van der Waals surface area contributed by atoms with Crippen molar-refractivity contribution >= 4 is 35.1 Å². The van der Waals surface area contributed by atoms with Gasteiger partial charge in [-0.15, -0.1) is 18.8 Å². The van der Waals surface area contributed by atoms with E-state index in [0.717, 1.165) is 39.1 Å². The summed E-state index contributed by atoms with van der Waals surface area (Å²) in [5.74, 6) is 0. The Morgan fingerprint density at radius 3 is 2.05 bits per heavy atom. The number of rotatable bonds is 6. The predicted molar refractivity (Wildman–Crippen MR) is 166 cm³/mol. The van der Waals surface area contributed by atoms with Gasteiger partial charge < -0.3 is 9.91 Å². The van der Waals surface area contributed by atoms with Crippen LogP contribution in [-0.4, -0.2) is 34.8 Å². The zero-order chi connectivity index (χ0) is 27.8. The summed E-state index contributed by atoms with van der Waals surface area (Å²) < 4.78 is 1.94. The molecule has 1 aliphatic heterocycles. The molecule has 6 rings (SSSR count). The molecule has 5 nitrogen and oxygen atoms in total. The number of nitrogens with zero attached hydrogens (tertiary/aromatic N) is 5. The van der Waals surface area contributed by atoms with E-state index in [-0.39, 0.29) is 27.8 Å². The van der Waals surface area contributed by atoms with E-state index in [2.05, 4.69) is 118 Å². The Kier molecular flexibility index (Phi) is 8.33. The first kappa shape index (κ1) is 28.6. The van der Waals surface area contributed by atoms with Gasteiger partial charge in [0.05, 0.1) is 12.0 Å². The van der Waals surface area contributed by atoms with E-state index in [9.17, 15) is 0 Å². The molecule has 0 saturated heterocycles. The minimum atomic E-state index is -0.0601. The fourth-order valence-electron chi connectivity index (χ4n) is 5.66. The van der Waals surface area contributed by atoms with Crippen LogP contribution in [0.5, 0.6) is 0 Å². The molecular formula is C34H31BN5Pt-3. The molecule has 7 heteroatoms. The third-order valence-electron chi connectivity index (χ3n) is 7.38. The van der Waals surface area contributed by atoms with Gasteiger partial charge in [0.25, 0.3) is 0 Å². The molecule has 0 spiro atoms. The molecule has 208 valence electrons. The van der Waals surface area contributed by atoms with Crippen molar-refractivity contribution in [2.45, 2.75) is 27.7 Å². The fraction of sp³-hybridized carbons (Fsp3) is 0.147. The van der Waals surface area contributed by atoms with Crippen molar-refractivity contribution in [2.75, 3.05) is 12.1 Å². The van der Waals surface area contributed by atoms with E-state index in [0.29, 0.717) is 0 Å². The van der Waals surface area contributed by atoms with Crippen LogP contribution in [0.2, 0.25) is 0 Å². The van der Waals surface area contributed by atoms with Gasteiger partial charge in [-0.2, -0.15) is 57.5 Å². The molecule has 4 aromatic carbocycles. The molecule has 0 bridgehead atoms. The molecule has 1 aromatic heterocycles. The smallest absolute Gasteiger partial charge is 0.192 e. The van der Waals surface area contributed by atoms with Crippen LogP contribution in [0, 0.1) is 46.5 Å². The Labute approximate surface area is 257 Å². The number of hydrazone groups is 1. The molecular weight excluding hydrogens is 684 g/mol. The normalized spacial score (nSPS) is 12.5. The first-order valence-electron chi connectivity index (χ1n) is 13.5. The summed E-state index contributed by atoms with van der Waals surface area (Å²) in [6, 6.07) is 35.0. The summed E-state index contributed by atoms with van der Waals surface area (Å²) in [6.07, 6.45) is 3.89. The second-order valence-electron chi connectivity index (χ2n) is 10.5. The summed E-state index contributed by atoms with van der Waals surface area (Å²) >= 11 is 0.